The second-order valence-electron chi connectivity index (χ2n) is 8.23. The summed E-state index contributed by atoms with van der Waals surface area (Å²) in [4.78, 5) is 17.1. The van der Waals surface area contributed by atoms with Gasteiger partial charge in [0.05, 0.1) is 31.1 Å². The standard InChI is InChI=1S/C24H31N5O3S/c25-21-3-1-2-4-22(21)27-23(30)18-5-7-19(8-6-18)29-11-9-20(17-29)32-24(33)26-10-12-28-13-15-31-16-14-28/h1-8,20H,9-17,25H2,(H,26,33)(H,27,30)/t20-/m0/s1. The molecule has 2 aromatic carbocycles. The summed E-state index contributed by atoms with van der Waals surface area (Å²) in [6, 6.07) is 14.8. The van der Waals surface area contributed by atoms with Crippen molar-refractivity contribution in [3.8, 4) is 0 Å². The van der Waals surface area contributed by atoms with Gasteiger partial charge >= 0.3 is 0 Å². The number of hydrogen-bond acceptors (Lipinski definition) is 7. The highest BCUT2D eigenvalue weighted by Gasteiger charge is 2.25. The number of para-hydroxylation sites is 2. The number of nitrogen functional groups attached to an aromatic ring is 1. The van der Waals surface area contributed by atoms with Crippen LogP contribution in [-0.2, 0) is 9.47 Å². The number of morpholine rings is 1. The molecule has 0 bridgehead atoms. The van der Waals surface area contributed by atoms with Gasteiger partial charge in [-0.05, 0) is 48.6 Å². The highest BCUT2D eigenvalue weighted by atomic mass is 32.1. The number of amides is 1. The molecule has 33 heavy (non-hydrogen) atoms. The van der Waals surface area contributed by atoms with Crippen molar-refractivity contribution in [2.75, 3.05) is 68.4 Å². The highest BCUT2D eigenvalue weighted by molar-refractivity contribution is 7.80. The summed E-state index contributed by atoms with van der Waals surface area (Å²) in [5.74, 6) is -0.185. The second-order valence-corrected chi connectivity index (χ2v) is 8.60. The number of hydrogen-bond donors (Lipinski definition) is 3. The van der Waals surface area contributed by atoms with Crippen LogP contribution in [0.2, 0.25) is 0 Å². The van der Waals surface area contributed by atoms with Crippen molar-refractivity contribution in [1.29, 1.82) is 0 Å². The van der Waals surface area contributed by atoms with E-state index in [-0.39, 0.29) is 12.0 Å². The van der Waals surface area contributed by atoms with Gasteiger partial charge in [0.25, 0.3) is 11.1 Å². The lowest BCUT2D eigenvalue weighted by atomic mass is 10.1. The second kappa shape index (κ2) is 11.3. The van der Waals surface area contributed by atoms with E-state index in [1.807, 2.05) is 36.4 Å². The Hall–Kier alpha value is -2.88. The Kier molecular flexibility index (Phi) is 7.98. The molecule has 0 aromatic heterocycles. The van der Waals surface area contributed by atoms with Crippen LogP contribution < -0.4 is 21.3 Å². The molecule has 2 aliphatic heterocycles. The fourth-order valence-electron chi connectivity index (χ4n) is 4.02. The average Bonchev–Trinajstić information content (AvgIpc) is 3.29. The van der Waals surface area contributed by atoms with E-state index in [1.54, 1.807) is 12.1 Å². The smallest absolute Gasteiger partial charge is 0.257 e. The normalized spacial score (nSPS) is 18.7. The van der Waals surface area contributed by atoms with Gasteiger partial charge in [0, 0.05) is 50.4 Å². The number of ether oxygens (including phenoxy) is 2. The third kappa shape index (κ3) is 6.56. The quantitative estimate of drug-likeness (QED) is 0.420. The minimum Gasteiger partial charge on any atom is -0.466 e. The van der Waals surface area contributed by atoms with Crippen LogP contribution in [-0.4, -0.2) is 74.6 Å². The molecule has 4 N–H and O–H groups in total. The monoisotopic (exact) mass is 469 g/mol. The first kappa shape index (κ1) is 23.3. The fourth-order valence-corrected chi connectivity index (χ4v) is 4.26. The number of benzene rings is 2. The third-order valence-corrected chi connectivity index (χ3v) is 6.16. The molecule has 0 saturated carbocycles. The number of nitrogens with one attached hydrogen (secondary N) is 2. The Bertz CT molecular complexity index is 949. The van der Waals surface area contributed by atoms with Crippen LogP contribution in [0.4, 0.5) is 17.1 Å². The van der Waals surface area contributed by atoms with Gasteiger partial charge in [0.2, 0.25) is 0 Å². The molecule has 2 aromatic rings. The Morgan fingerprint density at radius 2 is 1.88 bits per heavy atom. The molecule has 4 rings (SSSR count). The zero-order valence-corrected chi connectivity index (χ0v) is 19.5. The molecule has 176 valence electrons. The van der Waals surface area contributed by atoms with Crippen molar-refractivity contribution >= 4 is 40.4 Å². The number of carbonyl (C=O) groups excluding carboxylic acids is 1. The zero-order valence-electron chi connectivity index (χ0n) is 18.7. The van der Waals surface area contributed by atoms with Crippen LogP contribution in [0.15, 0.2) is 48.5 Å². The minimum atomic E-state index is -0.185. The maximum absolute atomic E-state index is 12.5. The minimum absolute atomic E-state index is 0.0532. The Labute approximate surface area is 200 Å². The molecule has 1 amide bonds. The lowest BCUT2D eigenvalue weighted by Crippen LogP contribution is -2.41. The topological polar surface area (TPSA) is 92.1 Å². The van der Waals surface area contributed by atoms with Crippen molar-refractivity contribution in [1.82, 2.24) is 10.2 Å². The lowest BCUT2D eigenvalue weighted by Gasteiger charge is -2.26. The van der Waals surface area contributed by atoms with E-state index in [1.165, 1.54) is 0 Å². The predicted octanol–water partition coefficient (Wildman–Crippen LogP) is 2.32. The molecule has 0 radical (unpaired) electrons. The van der Waals surface area contributed by atoms with Crippen LogP contribution in [0.1, 0.15) is 16.8 Å². The number of rotatable bonds is 7. The van der Waals surface area contributed by atoms with Crippen molar-refractivity contribution in [3.63, 3.8) is 0 Å². The third-order valence-electron chi connectivity index (χ3n) is 5.92. The number of nitrogens with two attached hydrogens (primary N) is 1. The molecule has 0 spiro atoms. The van der Waals surface area contributed by atoms with Gasteiger partial charge in [-0.1, -0.05) is 12.1 Å². The van der Waals surface area contributed by atoms with Crippen LogP contribution in [0, 0.1) is 0 Å². The van der Waals surface area contributed by atoms with Crippen molar-refractivity contribution in [3.05, 3.63) is 54.1 Å². The van der Waals surface area contributed by atoms with Gasteiger partial charge in [0.15, 0.2) is 0 Å². The molecule has 2 aliphatic rings. The first-order valence-electron chi connectivity index (χ1n) is 11.3. The summed E-state index contributed by atoms with van der Waals surface area (Å²) in [6.07, 6.45) is 0.957. The van der Waals surface area contributed by atoms with E-state index in [0.717, 1.165) is 64.6 Å². The molecule has 0 unspecified atom stereocenters. The molecule has 2 heterocycles. The van der Waals surface area contributed by atoms with E-state index >= 15 is 0 Å². The highest BCUT2D eigenvalue weighted by Crippen LogP contribution is 2.23. The van der Waals surface area contributed by atoms with Gasteiger partial charge in [0.1, 0.15) is 6.10 Å². The van der Waals surface area contributed by atoms with Gasteiger partial charge in [-0.15, -0.1) is 0 Å². The summed E-state index contributed by atoms with van der Waals surface area (Å²) >= 11 is 5.37. The molecule has 8 nitrogen and oxygen atoms in total. The van der Waals surface area contributed by atoms with Crippen LogP contribution >= 0.6 is 12.2 Å². The zero-order chi connectivity index (χ0) is 23.0. The average molecular weight is 470 g/mol. The van der Waals surface area contributed by atoms with E-state index in [2.05, 4.69) is 20.4 Å². The van der Waals surface area contributed by atoms with Crippen molar-refractivity contribution in [2.45, 2.75) is 12.5 Å². The molecule has 2 saturated heterocycles. The summed E-state index contributed by atoms with van der Waals surface area (Å²) in [7, 11) is 0. The number of nitrogens with zero attached hydrogens (tertiary/aromatic N) is 2. The molecular weight excluding hydrogens is 438 g/mol. The number of thiocarbonyl (C=S) groups is 1. The molecule has 1 atom stereocenters. The first-order valence-corrected chi connectivity index (χ1v) is 11.7. The fraction of sp³-hybridized carbons (Fsp3) is 0.417. The SMILES string of the molecule is Nc1ccccc1NC(=O)c1ccc(N2CC[C@H](OC(=S)NCCN3CCOCC3)C2)cc1. The van der Waals surface area contributed by atoms with Crippen LogP contribution in [0.5, 0.6) is 0 Å². The number of anilines is 3. The van der Waals surface area contributed by atoms with Crippen LogP contribution in [0.3, 0.4) is 0 Å². The van der Waals surface area contributed by atoms with Crippen molar-refractivity contribution in [2.24, 2.45) is 0 Å². The van der Waals surface area contributed by atoms with E-state index in [4.69, 9.17) is 27.4 Å². The predicted molar refractivity (Wildman–Crippen MR) is 135 cm³/mol. The summed E-state index contributed by atoms with van der Waals surface area (Å²) in [5.41, 5.74) is 8.70. The number of carbonyl (C=O) groups is 1. The van der Waals surface area contributed by atoms with Crippen LogP contribution in [0.25, 0.3) is 0 Å². The van der Waals surface area contributed by atoms with Gasteiger partial charge in [-0.2, -0.15) is 0 Å². The molecule has 2 fully saturated rings. The summed E-state index contributed by atoms with van der Waals surface area (Å²) < 4.78 is 11.3. The molecule has 9 heteroatoms. The Balaban J connectivity index is 1.21. The first-order chi connectivity index (χ1) is 16.1. The maximum Gasteiger partial charge on any atom is 0.257 e. The van der Waals surface area contributed by atoms with E-state index in [9.17, 15) is 4.79 Å². The Morgan fingerprint density at radius 1 is 1.12 bits per heavy atom. The Morgan fingerprint density at radius 3 is 2.64 bits per heavy atom. The van der Waals surface area contributed by atoms with Crippen molar-refractivity contribution < 1.29 is 14.3 Å². The summed E-state index contributed by atoms with van der Waals surface area (Å²) in [6.45, 7) is 6.87. The van der Waals surface area contributed by atoms with E-state index < -0.39 is 0 Å². The summed E-state index contributed by atoms with van der Waals surface area (Å²) in [5, 5.41) is 6.52. The van der Waals surface area contributed by atoms with Gasteiger partial charge in [-0.25, -0.2) is 0 Å². The van der Waals surface area contributed by atoms with Gasteiger partial charge < -0.3 is 30.7 Å². The lowest BCUT2D eigenvalue weighted by molar-refractivity contribution is 0.0387. The molecule has 0 aliphatic carbocycles. The van der Waals surface area contributed by atoms with Gasteiger partial charge in [-0.3, -0.25) is 9.69 Å². The maximum atomic E-state index is 12.5. The van der Waals surface area contributed by atoms with E-state index in [0.29, 0.717) is 22.1 Å². The largest absolute Gasteiger partial charge is 0.466 e. The molecular formula is C24H31N5O3S.